The van der Waals surface area contributed by atoms with E-state index in [0.717, 1.165) is 28.6 Å². The number of carbonyl (C=O) groups excluding carboxylic acids is 1. The summed E-state index contributed by atoms with van der Waals surface area (Å²) in [5.41, 5.74) is 0.844. The van der Waals surface area contributed by atoms with Gasteiger partial charge in [-0.15, -0.1) is 0 Å². The normalized spacial score (nSPS) is 16.9. The van der Waals surface area contributed by atoms with Crippen LogP contribution in [0.5, 0.6) is 0 Å². The van der Waals surface area contributed by atoms with Gasteiger partial charge in [-0.25, -0.2) is 4.98 Å². The molecule has 3 rings (SSSR count). The molecule has 1 aromatic heterocycles. The monoisotopic (exact) mass is 313 g/mol. The number of rotatable bonds is 5. The number of hydrogen-bond donors (Lipinski definition) is 1. The predicted octanol–water partition coefficient (Wildman–Crippen LogP) is 3.87. The largest absolute Gasteiger partial charge is 0.329 e. The highest BCUT2D eigenvalue weighted by molar-refractivity contribution is 7.99. The number of nitrogens with zero attached hydrogens (tertiary/aromatic N) is 2. The molecule has 22 heavy (non-hydrogen) atoms. The van der Waals surface area contributed by atoms with Gasteiger partial charge in [-0.3, -0.25) is 4.79 Å². The molecule has 1 unspecified atom stereocenters. The molecule has 5 heteroatoms. The lowest BCUT2D eigenvalue weighted by Gasteiger charge is -2.09. The van der Waals surface area contributed by atoms with Crippen LogP contribution in [0.3, 0.4) is 0 Å². The van der Waals surface area contributed by atoms with Crippen LogP contribution in [0.2, 0.25) is 0 Å². The molecule has 1 aliphatic rings. The van der Waals surface area contributed by atoms with Crippen LogP contribution in [-0.2, 0) is 11.8 Å². The van der Waals surface area contributed by atoms with Gasteiger partial charge in [0.05, 0.1) is 0 Å². The molecule has 1 aliphatic carbocycles. The molecule has 1 N–H and O–H groups in total. The zero-order chi connectivity index (χ0) is 15.4. The van der Waals surface area contributed by atoms with Gasteiger partial charge in [-0.05, 0) is 43.0 Å². The number of allylic oxidation sites excluding steroid dienone is 2. The van der Waals surface area contributed by atoms with E-state index in [9.17, 15) is 4.79 Å². The first-order valence-electron chi connectivity index (χ1n) is 7.42. The van der Waals surface area contributed by atoms with E-state index in [0.29, 0.717) is 12.3 Å². The van der Waals surface area contributed by atoms with Crippen molar-refractivity contribution in [3.63, 3.8) is 0 Å². The van der Waals surface area contributed by atoms with Crippen molar-refractivity contribution >= 4 is 23.4 Å². The van der Waals surface area contributed by atoms with Crippen LogP contribution in [0, 0.1) is 5.92 Å². The Morgan fingerprint density at radius 1 is 1.41 bits per heavy atom. The van der Waals surface area contributed by atoms with Gasteiger partial charge in [-0.1, -0.05) is 23.9 Å². The molecule has 1 heterocycles. The highest BCUT2D eigenvalue weighted by atomic mass is 32.2. The summed E-state index contributed by atoms with van der Waals surface area (Å²) < 4.78 is 1.98. The van der Waals surface area contributed by atoms with Gasteiger partial charge in [-0.2, -0.15) is 0 Å². The van der Waals surface area contributed by atoms with E-state index in [1.54, 1.807) is 18.0 Å². The van der Waals surface area contributed by atoms with Gasteiger partial charge >= 0.3 is 0 Å². The van der Waals surface area contributed by atoms with E-state index in [4.69, 9.17) is 0 Å². The zero-order valence-electron chi connectivity index (χ0n) is 12.5. The first kappa shape index (κ1) is 14.9. The van der Waals surface area contributed by atoms with Crippen molar-refractivity contribution in [2.45, 2.75) is 29.3 Å². The van der Waals surface area contributed by atoms with Crippen LogP contribution >= 0.6 is 11.8 Å². The molecule has 1 atom stereocenters. The number of nitrogens with one attached hydrogen (secondary N) is 1. The van der Waals surface area contributed by atoms with Crippen molar-refractivity contribution in [3.05, 3.63) is 48.8 Å². The highest BCUT2D eigenvalue weighted by Gasteiger charge is 2.14. The second-order valence-corrected chi connectivity index (χ2v) is 6.51. The molecule has 0 radical (unpaired) electrons. The summed E-state index contributed by atoms with van der Waals surface area (Å²) in [6.45, 7) is 0. The van der Waals surface area contributed by atoms with Gasteiger partial charge in [0, 0.05) is 36.4 Å². The topological polar surface area (TPSA) is 46.9 Å². The van der Waals surface area contributed by atoms with Crippen molar-refractivity contribution in [3.8, 4) is 0 Å². The third-order valence-corrected chi connectivity index (χ3v) is 4.77. The number of imidazole rings is 1. The molecular formula is C17H19N3OS. The van der Waals surface area contributed by atoms with Crippen molar-refractivity contribution < 1.29 is 4.79 Å². The van der Waals surface area contributed by atoms with Crippen LogP contribution < -0.4 is 5.32 Å². The molecule has 1 amide bonds. The third-order valence-electron chi connectivity index (χ3n) is 3.68. The summed E-state index contributed by atoms with van der Waals surface area (Å²) in [5.74, 6) is 0.485. The van der Waals surface area contributed by atoms with Crippen molar-refractivity contribution in [1.82, 2.24) is 9.55 Å². The van der Waals surface area contributed by atoms with Gasteiger partial charge < -0.3 is 9.88 Å². The Bertz CT molecular complexity index is 675. The second-order valence-electron chi connectivity index (χ2n) is 5.47. The lowest BCUT2D eigenvalue weighted by molar-refractivity contribution is -0.116. The molecular weight excluding hydrogens is 294 g/mol. The fourth-order valence-electron chi connectivity index (χ4n) is 2.48. The number of hydrogen-bond acceptors (Lipinski definition) is 3. The lowest BCUT2D eigenvalue weighted by Crippen LogP contribution is -2.14. The standard InChI is InChI=1S/C17H19N3OS/c1-20-11-10-18-17(20)22-15-8-6-14(7-9-15)19-16(21)12-13-4-2-3-5-13/h2,4,6-11,13H,3,5,12H2,1H3,(H,19,21). The van der Waals surface area contributed by atoms with E-state index >= 15 is 0 Å². The predicted molar refractivity (Wildman–Crippen MR) is 88.9 cm³/mol. The Morgan fingerprint density at radius 2 is 2.23 bits per heavy atom. The molecule has 4 nitrogen and oxygen atoms in total. The summed E-state index contributed by atoms with van der Waals surface area (Å²) >= 11 is 1.60. The van der Waals surface area contributed by atoms with Gasteiger partial charge in [0.2, 0.25) is 5.91 Å². The van der Waals surface area contributed by atoms with Gasteiger partial charge in [0.25, 0.3) is 0 Å². The van der Waals surface area contributed by atoms with Crippen molar-refractivity contribution in [2.75, 3.05) is 5.32 Å². The summed E-state index contributed by atoms with van der Waals surface area (Å²) in [4.78, 5) is 17.4. The molecule has 1 aromatic carbocycles. The minimum Gasteiger partial charge on any atom is -0.329 e. The summed E-state index contributed by atoms with van der Waals surface area (Å²) in [6.07, 6.45) is 10.8. The van der Waals surface area contributed by atoms with E-state index in [1.165, 1.54) is 0 Å². The first-order valence-corrected chi connectivity index (χ1v) is 8.24. The number of anilines is 1. The fraction of sp³-hybridized carbons (Fsp3) is 0.294. The maximum Gasteiger partial charge on any atom is 0.224 e. The van der Waals surface area contributed by atoms with Crippen molar-refractivity contribution in [2.24, 2.45) is 13.0 Å². The molecule has 0 aliphatic heterocycles. The Balaban J connectivity index is 1.56. The number of aromatic nitrogens is 2. The fourth-order valence-corrected chi connectivity index (χ4v) is 3.28. The lowest BCUT2D eigenvalue weighted by atomic mass is 10.1. The second kappa shape index (κ2) is 6.83. The van der Waals surface area contributed by atoms with Gasteiger partial charge in [0.1, 0.15) is 0 Å². The maximum absolute atomic E-state index is 12.0. The average Bonchev–Trinajstić information content (AvgIpc) is 3.14. The average molecular weight is 313 g/mol. The Labute approximate surface area is 134 Å². The Morgan fingerprint density at radius 3 is 2.86 bits per heavy atom. The number of benzene rings is 1. The van der Waals surface area contributed by atoms with Crippen LogP contribution in [0.15, 0.2) is 58.9 Å². The highest BCUT2D eigenvalue weighted by Crippen LogP contribution is 2.27. The Hall–Kier alpha value is -2.01. The number of aryl methyl sites for hydroxylation is 1. The molecule has 2 aromatic rings. The minimum absolute atomic E-state index is 0.0843. The Kier molecular flexibility index (Phi) is 4.63. The molecule has 0 saturated carbocycles. The zero-order valence-corrected chi connectivity index (χ0v) is 13.3. The molecule has 0 saturated heterocycles. The van der Waals surface area contributed by atoms with Crippen molar-refractivity contribution in [1.29, 1.82) is 0 Å². The van der Waals surface area contributed by atoms with Crippen LogP contribution in [0.4, 0.5) is 5.69 Å². The molecule has 0 fully saturated rings. The van der Waals surface area contributed by atoms with E-state index in [2.05, 4.69) is 22.5 Å². The first-order chi connectivity index (χ1) is 10.7. The number of carbonyl (C=O) groups is 1. The van der Waals surface area contributed by atoms with E-state index in [1.807, 2.05) is 42.1 Å². The molecule has 114 valence electrons. The van der Waals surface area contributed by atoms with E-state index in [-0.39, 0.29) is 5.91 Å². The van der Waals surface area contributed by atoms with Gasteiger partial charge in [0.15, 0.2) is 5.16 Å². The minimum atomic E-state index is 0.0843. The van der Waals surface area contributed by atoms with Crippen LogP contribution in [-0.4, -0.2) is 15.5 Å². The summed E-state index contributed by atoms with van der Waals surface area (Å²) in [5, 5.41) is 3.91. The van der Waals surface area contributed by atoms with Crippen LogP contribution in [0.25, 0.3) is 0 Å². The summed E-state index contributed by atoms with van der Waals surface area (Å²) in [6, 6.07) is 7.89. The maximum atomic E-state index is 12.0. The van der Waals surface area contributed by atoms with E-state index < -0.39 is 0 Å². The quantitative estimate of drug-likeness (QED) is 0.853. The smallest absolute Gasteiger partial charge is 0.224 e. The SMILES string of the molecule is Cn1ccnc1Sc1ccc(NC(=O)CC2C=CCC2)cc1. The molecule has 0 bridgehead atoms. The van der Waals surface area contributed by atoms with Crippen LogP contribution in [0.1, 0.15) is 19.3 Å². The summed E-state index contributed by atoms with van der Waals surface area (Å²) in [7, 11) is 1.97. The molecule has 0 spiro atoms. The third kappa shape index (κ3) is 3.80. The number of amides is 1.